The minimum atomic E-state index is -0.637. The standard InChI is InChI=1S/C19H21N3O4S/c1-10(2)18-16(13(5)22-26-18)19(24)25-8-15(23)21-17-11(3)6-14(27-9-20)7-12(17)4/h6-7,10H,8H2,1-5H3,(H,21,23). The number of benzene rings is 1. The molecule has 0 fully saturated rings. The van der Waals surface area contributed by atoms with Gasteiger partial charge in [-0.1, -0.05) is 19.0 Å². The molecule has 2 aromatic rings. The Morgan fingerprint density at radius 1 is 1.30 bits per heavy atom. The van der Waals surface area contributed by atoms with Crippen LogP contribution < -0.4 is 5.32 Å². The van der Waals surface area contributed by atoms with Crippen LogP contribution in [0, 0.1) is 31.4 Å². The van der Waals surface area contributed by atoms with E-state index in [-0.39, 0.29) is 11.5 Å². The molecule has 0 aliphatic carbocycles. The van der Waals surface area contributed by atoms with Gasteiger partial charge in [-0.3, -0.25) is 4.79 Å². The molecule has 1 aromatic carbocycles. The predicted molar refractivity (Wildman–Crippen MR) is 102 cm³/mol. The second-order valence-corrected chi connectivity index (χ2v) is 7.27. The van der Waals surface area contributed by atoms with Gasteiger partial charge in [0, 0.05) is 16.5 Å². The minimum absolute atomic E-state index is 0.0299. The molecular formula is C19H21N3O4S. The number of hydrogen-bond donors (Lipinski definition) is 1. The van der Waals surface area contributed by atoms with E-state index >= 15 is 0 Å². The number of rotatable bonds is 6. The summed E-state index contributed by atoms with van der Waals surface area (Å²) < 4.78 is 10.3. The fourth-order valence-corrected chi connectivity index (χ4v) is 3.22. The molecule has 1 amide bonds. The van der Waals surface area contributed by atoms with Crippen LogP contribution in [0.25, 0.3) is 0 Å². The molecule has 142 valence electrons. The van der Waals surface area contributed by atoms with Crippen LogP contribution in [0.2, 0.25) is 0 Å². The number of hydrogen-bond acceptors (Lipinski definition) is 7. The molecule has 8 heteroatoms. The Labute approximate surface area is 162 Å². The molecule has 0 saturated heterocycles. The van der Waals surface area contributed by atoms with Crippen molar-refractivity contribution >= 4 is 29.3 Å². The van der Waals surface area contributed by atoms with Crippen LogP contribution in [0.5, 0.6) is 0 Å². The monoisotopic (exact) mass is 387 g/mol. The third-order valence-corrected chi connectivity index (χ3v) is 4.45. The molecule has 1 N–H and O–H groups in total. The summed E-state index contributed by atoms with van der Waals surface area (Å²) in [7, 11) is 0. The van der Waals surface area contributed by atoms with Gasteiger partial charge < -0.3 is 14.6 Å². The van der Waals surface area contributed by atoms with Crippen LogP contribution in [0.4, 0.5) is 5.69 Å². The summed E-state index contributed by atoms with van der Waals surface area (Å²) in [6.07, 6.45) is 0. The van der Waals surface area contributed by atoms with Crippen molar-refractivity contribution in [3.05, 3.63) is 40.3 Å². The number of esters is 1. The van der Waals surface area contributed by atoms with Gasteiger partial charge in [0.1, 0.15) is 11.0 Å². The van der Waals surface area contributed by atoms with Crippen molar-refractivity contribution in [1.29, 1.82) is 5.26 Å². The maximum Gasteiger partial charge on any atom is 0.344 e. The summed E-state index contributed by atoms with van der Waals surface area (Å²) in [5.74, 6) is -0.676. The molecule has 2 rings (SSSR count). The number of ether oxygens (including phenoxy) is 1. The van der Waals surface area contributed by atoms with Crippen molar-refractivity contribution in [2.24, 2.45) is 0 Å². The van der Waals surface area contributed by atoms with Crippen LogP contribution in [-0.2, 0) is 9.53 Å². The molecular weight excluding hydrogens is 366 g/mol. The molecule has 0 radical (unpaired) electrons. The van der Waals surface area contributed by atoms with E-state index in [4.69, 9.17) is 14.5 Å². The zero-order valence-corrected chi connectivity index (χ0v) is 16.7. The second-order valence-electron chi connectivity index (χ2n) is 6.41. The summed E-state index contributed by atoms with van der Waals surface area (Å²) in [5, 5.41) is 17.3. The lowest BCUT2D eigenvalue weighted by Gasteiger charge is -2.13. The Kier molecular flexibility index (Phi) is 6.64. The molecule has 0 spiro atoms. The van der Waals surface area contributed by atoms with Gasteiger partial charge >= 0.3 is 5.97 Å². The maximum atomic E-state index is 12.3. The van der Waals surface area contributed by atoms with E-state index in [9.17, 15) is 9.59 Å². The van der Waals surface area contributed by atoms with Gasteiger partial charge in [0.05, 0.1) is 5.69 Å². The lowest BCUT2D eigenvalue weighted by molar-refractivity contribution is -0.119. The second kappa shape index (κ2) is 8.73. The van der Waals surface area contributed by atoms with Crippen LogP contribution in [0.1, 0.15) is 52.7 Å². The first-order valence-electron chi connectivity index (χ1n) is 8.34. The number of nitrogens with one attached hydrogen (secondary N) is 1. The highest BCUT2D eigenvalue weighted by Gasteiger charge is 2.24. The smallest absolute Gasteiger partial charge is 0.344 e. The third kappa shape index (κ3) is 4.89. The molecule has 0 aliphatic rings. The van der Waals surface area contributed by atoms with Crippen LogP contribution in [0.15, 0.2) is 21.6 Å². The molecule has 7 nitrogen and oxygen atoms in total. The average molecular weight is 387 g/mol. The zero-order valence-electron chi connectivity index (χ0n) is 15.9. The summed E-state index contributed by atoms with van der Waals surface area (Å²) in [6, 6.07) is 3.63. The van der Waals surface area contributed by atoms with E-state index in [0.29, 0.717) is 17.1 Å². The number of carbonyl (C=O) groups is 2. The Hall–Kier alpha value is -2.79. The lowest BCUT2D eigenvalue weighted by Crippen LogP contribution is -2.22. The summed E-state index contributed by atoms with van der Waals surface area (Å²) in [5.41, 5.74) is 2.99. The van der Waals surface area contributed by atoms with E-state index in [1.807, 2.05) is 45.2 Å². The third-order valence-electron chi connectivity index (χ3n) is 3.89. The van der Waals surface area contributed by atoms with Gasteiger partial charge in [-0.05, 0) is 55.8 Å². The topological polar surface area (TPSA) is 105 Å². The van der Waals surface area contributed by atoms with Crippen LogP contribution in [0.3, 0.4) is 0 Å². The largest absolute Gasteiger partial charge is 0.452 e. The number of anilines is 1. The van der Waals surface area contributed by atoms with Crippen molar-refractivity contribution in [2.75, 3.05) is 11.9 Å². The van der Waals surface area contributed by atoms with Crippen molar-refractivity contribution < 1.29 is 18.8 Å². The number of thioether (sulfide) groups is 1. The number of carbonyl (C=O) groups excluding carboxylic acids is 2. The van der Waals surface area contributed by atoms with Gasteiger partial charge in [0.2, 0.25) is 0 Å². The fourth-order valence-electron chi connectivity index (χ4n) is 2.64. The lowest BCUT2D eigenvalue weighted by atomic mass is 10.1. The van der Waals surface area contributed by atoms with E-state index in [1.54, 1.807) is 6.92 Å². The highest BCUT2D eigenvalue weighted by molar-refractivity contribution is 8.03. The molecule has 0 bridgehead atoms. The minimum Gasteiger partial charge on any atom is -0.452 e. The Morgan fingerprint density at radius 2 is 1.93 bits per heavy atom. The van der Waals surface area contributed by atoms with Crippen LogP contribution in [-0.4, -0.2) is 23.6 Å². The van der Waals surface area contributed by atoms with Gasteiger partial charge in [-0.15, -0.1) is 0 Å². The van der Waals surface area contributed by atoms with Crippen molar-refractivity contribution in [2.45, 2.75) is 45.4 Å². The zero-order chi connectivity index (χ0) is 20.1. The number of thiocyanates is 1. The number of aryl methyl sites for hydroxylation is 3. The highest BCUT2D eigenvalue weighted by Crippen LogP contribution is 2.27. The first-order valence-corrected chi connectivity index (χ1v) is 9.16. The maximum absolute atomic E-state index is 12.3. The quantitative estimate of drug-likeness (QED) is 0.452. The molecule has 0 saturated carbocycles. The van der Waals surface area contributed by atoms with Crippen LogP contribution >= 0.6 is 11.8 Å². The molecule has 1 heterocycles. The first-order chi connectivity index (χ1) is 12.7. The number of aromatic nitrogens is 1. The summed E-state index contributed by atoms with van der Waals surface area (Å²) in [4.78, 5) is 25.4. The van der Waals surface area contributed by atoms with Crippen molar-refractivity contribution in [1.82, 2.24) is 5.16 Å². The highest BCUT2D eigenvalue weighted by atomic mass is 32.2. The molecule has 27 heavy (non-hydrogen) atoms. The molecule has 0 atom stereocenters. The number of nitriles is 1. The van der Waals surface area contributed by atoms with Crippen molar-refractivity contribution in [3.8, 4) is 5.40 Å². The van der Waals surface area contributed by atoms with Gasteiger partial charge in [-0.25, -0.2) is 4.79 Å². The normalized spacial score (nSPS) is 10.6. The van der Waals surface area contributed by atoms with E-state index in [2.05, 4.69) is 10.5 Å². The van der Waals surface area contributed by atoms with E-state index < -0.39 is 18.5 Å². The molecule has 0 aliphatic heterocycles. The first kappa shape index (κ1) is 20.5. The average Bonchev–Trinajstić information content (AvgIpc) is 2.98. The van der Waals surface area contributed by atoms with Gasteiger partial charge in [0.25, 0.3) is 5.91 Å². The Morgan fingerprint density at radius 3 is 2.48 bits per heavy atom. The molecule has 0 unspecified atom stereocenters. The number of nitrogens with zero attached hydrogens (tertiary/aromatic N) is 2. The van der Waals surface area contributed by atoms with E-state index in [1.165, 1.54) is 0 Å². The molecule has 1 aromatic heterocycles. The van der Waals surface area contributed by atoms with E-state index in [0.717, 1.165) is 27.8 Å². The summed E-state index contributed by atoms with van der Waals surface area (Å²) in [6.45, 7) is 8.66. The van der Waals surface area contributed by atoms with Crippen molar-refractivity contribution in [3.63, 3.8) is 0 Å². The van der Waals surface area contributed by atoms with Gasteiger partial charge in [0.15, 0.2) is 12.4 Å². The fraction of sp³-hybridized carbons (Fsp3) is 0.368. The van der Waals surface area contributed by atoms with Gasteiger partial charge in [-0.2, -0.15) is 5.26 Å². The summed E-state index contributed by atoms with van der Waals surface area (Å²) >= 11 is 1.06. The number of amides is 1. The Balaban J connectivity index is 2.04. The predicted octanol–water partition coefficient (Wildman–Crippen LogP) is 4.09. The Bertz CT molecular complexity index is 889. The SMILES string of the molecule is Cc1cc(SC#N)cc(C)c1NC(=O)COC(=O)c1c(C)noc1C(C)C.